The van der Waals surface area contributed by atoms with Crippen molar-refractivity contribution < 1.29 is 4.79 Å². The van der Waals surface area contributed by atoms with Crippen LogP contribution in [0.25, 0.3) is 0 Å². The maximum atomic E-state index is 12.0. The van der Waals surface area contributed by atoms with Crippen LogP contribution in [-0.4, -0.2) is 30.4 Å². The van der Waals surface area contributed by atoms with Crippen LogP contribution in [-0.2, 0) is 4.79 Å². The summed E-state index contributed by atoms with van der Waals surface area (Å²) >= 11 is 5.89. The van der Waals surface area contributed by atoms with Crippen LogP contribution < -0.4 is 11.1 Å². The molecule has 4 nitrogen and oxygen atoms in total. The maximum absolute atomic E-state index is 12.0. The lowest BCUT2D eigenvalue weighted by Crippen LogP contribution is -2.31. The van der Waals surface area contributed by atoms with Gasteiger partial charge in [-0.3, -0.25) is 9.69 Å². The summed E-state index contributed by atoms with van der Waals surface area (Å²) in [4.78, 5) is 14.2. The lowest BCUT2D eigenvalue weighted by atomic mass is 10.1. The summed E-state index contributed by atoms with van der Waals surface area (Å²) in [6.45, 7) is 4.62. The van der Waals surface area contributed by atoms with Crippen LogP contribution in [0.1, 0.15) is 19.8 Å². The van der Waals surface area contributed by atoms with Crippen molar-refractivity contribution in [3.63, 3.8) is 0 Å². The summed E-state index contributed by atoms with van der Waals surface area (Å²) in [5.74, 6) is 0.690. The van der Waals surface area contributed by atoms with Crippen molar-refractivity contribution >= 4 is 28.9 Å². The Labute approximate surface area is 118 Å². The quantitative estimate of drug-likeness (QED) is 0.834. The van der Waals surface area contributed by atoms with Gasteiger partial charge in [0, 0.05) is 11.6 Å². The van der Waals surface area contributed by atoms with Crippen LogP contribution in [0.2, 0.25) is 5.02 Å². The van der Waals surface area contributed by atoms with E-state index in [0.29, 0.717) is 22.9 Å². The molecule has 1 amide bonds. The number of benzene rings is 1. The number of amides is 1. The fourth-order valence-corrected chi connectivity index (χ4v) is 2.59. The highest BCUT2D eigenvalue weighted by molar-refractivity contribution is 6.31. The van der Waals surface area contributed by atoms with Gasteiger partial charge in [0.25, 0.3) is 0 Å². The van der Waals surface area contributed by atoms with E-state index < -0.39 is 0 Å². The Morgan fingerprint density at radius 2 is 2.37 bits per heavy atom. The largest absolute Gasteiger partial charge is 0.397 e. The maximum Gasteiger partial charge on any atom is 0.238 e. The minimum atomic E-state index is -0.0364. The van der Waals surface area contributed by atoms with E-state index in [1.165, 1.54) is 12.8 Å². The van der Waals surface area contributed by atoms with E-state index in [0.717, 1.165) is 19.0 Å². The Bertz CT molecular complexity index is 464. The molecule has 1 unspecified atom stereocenters. The molecule has 1 aromatic rings. The van der Waals surface area contributed by atoms with E-state index in [2.05, 4.69) is 17.1 Å². The third kappa shape index (κ3) is 3.85. The van der Waals surface area contributed by atoms with Gasteiger partial charge in [0.05, 0.1) is 17.9 Å². The predicted molar refractivity (Wildman–Crippen MR) is 79.3 cm³/mol. The lowest BCUT2D eigenvalue weighted by molar-refractivity contribution is -0.117. The Balaban J connectivity index is 1.89. The van der Waals surface area contributed by atoms with Crippen LogP contribution in [0, 0.1) is 5.92 Å². The molecule has 0 aliphatic carbocycles. The first kappa shape index (κ1) is 14.2. The number of nitrogen functional groups attached to an aromatic ring is 1. The first-order valence-electron chi connectivity index (χ1n) is 6.65. The summed E-state index contributed by atoms with van der Waals surface area (Å²) in [6.07, 6.45) is 2.36. The van der Waals surface area contributed by atoms with Crippen LogP contribution in [0.5, 0.6) is 0 Å². The van der Waals surface area contributed by atoms with Gasteiger partial charge >= 0.3 is 0 Å². The molecule has 1 fully saturated rings. The van der Waals surface area contributed by atoms with Gasteiger partial charge in [-0.05, 0) is 37.1 Å². The molecule has 1 aliphatic rings. The minimum absolute atomic E-state index is 0.0364. The highest BCUT2D eigenvalue weighted by Crippen LogP contribution is 2.23. The van der Waals surface area contributed by atoms with E-state index in [1.54, 1.807) is 18.2 Å². The number of nitrogens with two attached hydrogens (primary N) is 1. The number of halogens is 1. The number of rotatable bonds is 4. The topological polar surface area (TPSA) is 58.4 Å². The first-order valence-corrected chi connectivity index (χ1v) is 7.03. The number of hydrogen-bond acceptors (Lipinski definition) is 3. The van der Waals surface area contributed by atoms with E-state index in [1.807, 2.05) is 0 Å². The summed E-state index contributed by atoms with van der Waals surface area (Å²) < 4.78 is 0. The molecule has 1 heterocycles. The smallest absolute Gasteiger partial charge is 0.238 e. The number of anilines is 2. The van der Waals surface area contributed by atoms with Crippen LogP contribution in [0.15, 0.2) is 18.2 Å². The van der Waals surface area contributed by atoms with Crippen molar-refractivity contribution in [3.05, 3.63) is 23.2 Å². The Morgan fingerprint density at radius 3 is 3.05 bits per heavy atom. The van der Waals surface area contributed by atoms with Crippen molar-refractivity contribution in [2.45, 2.75) is 19.8 Å². The molecule has 0 bridgehead atoms. The molecular formula is C14H20ClN3O. The predicted octanol–water partition coefficient (Wildman–Crippen LogP) is 2.59. The zero-order valence-corrected chi connectivity index (χ0v) is 11.9. The molecular weight excluding hydrogens is 262 g/mol. The van der Waals surface area contributed by atoms with Gasteiger partial charge in [0.2, 0.25) is 5.91 Å². The summed E-state index contributed by atoms with van der Waals surface area (Å²) in [5, 5.41) is 3.39. The Hall–Kier alpha value is -1.26. The Kier molecular flexibility index (Phi) is 4.66. The van der Waals surface area contributed by atoms with Crippen LogP contribution in [0.3, 0.4) is 0 Å². The number of carbonyl (C=O) groups is 1. The second kappa shape index (κ2) is 6.26. The zero-order valence-electron chi connectivity index (χ0n) is 11.2. The fraction of sp³-hybridized carbons (Fsp3) is 0.500. The molecule has 5 heteroatoms. The third-order valence-electron chi connectivity index (χ3n) is 3.60. The van der Waals surface area contributed by atoms with Crippen molar-refractivity contribution in [1.82, 2.24) is 4.90 Å². The second-order valence-electron chi connectivity index (χ2n) is 5.08. The van der Waals surface area contributed by atoms with Crippen molar-refractivity contribution in [1.29, 1.82) is 0 Å². The minimum Gasteiger partial charge on any atom is -0.397 e. The Morgan fingerprint density at radius 1 is 1.58 bits per heavy atom. The van der Waals surface area contributed by atoms with Crippen LogP contribution in [0.4, 0.5) is 11.4 Å². The molecule has 1 aliphatic heterocycles. The molecule has 1 saturated heterocycles. The van der Waals surface area contributed by atoms with Crippen molar-refractivity contribution in [3.8, 4) is 0 Å². The van der Waals surface area contributed by atoms with E-state index in [9.17, 15) is 4.79 Å². The van der Waals surface area contributed by atoms with E-state index in [-0.39, 0.29) is 5.91 Å². The molecule has 0 radical (unpaired) electrons. The molecule has 0 aromatic heterocycles. The van der Waals surface area contributed by atoms with Gasteiger partial charge in [-0.2, -0.15) is 0 Å². The number of hydrogen-bond donors (Lipinski definition) is 2. The standard InChI is InChI=1S/C14H20ClN3O/c1-2-10-5-6-18(8-10)9-14(19)17-13-7-11(15)3-4-12(13)16/h3-4,7,10H,2,5-6,8-9,16H2,1H3,(H,17,19). The molecule has 1 atom stereocenters. The summed E-state index contributed by atoms with van der Waals surface area (Å²) in [6, 6.07) is 5.08. The second-order valence-corrected chi connectivity index (χ2v) is 5.51. The van der Waals surface area contributed by atoms with Gasteiger partial charge in [-0.1, -0.05) is 24.9 Å². The van der Waals surface area contributed by atoms with Gasteiger partial charge in [0.15, 0.2) is 0 Å². The molecule has 0 spiro atoms. The number of nitrogens with zero attached hydrogens (tertiary/aromatic N) is 1. The average Bonchev–Trinajstić information content (AvgIpc) is 2.81. The van der Waals surface area contributed by atoms with E-state index in [4.69, 9.17) is 17.3 Å². The first-order chi connectivity index (χ1) is 9.08. The van der Waals surface area contributed by atoms with Crippen molar-refractivity contribution in [2.24, 2.45) is 5.92 Å². The fourth-order valence-electron chi connectivity index (χ4n) is 2.42. The number of carbonyl (C=O) groups excluding carboxylic acids is 1. The highest BCUT2D eigenvalue weighted by atomic mass is 35.5. The summed E-state index contributed by atoms with van der Waals surface area (Å²) in [5.41, 5.74) is 6.92. The third-order valence-corrected chi connectivity index (χ3v) is 3.84. The van der Waals surface area contributed by atoms with Crippen LogP contribution >= 0.6 is 11.6 Å². The lowest BCUT2D eigenvalue weighted by Gasteiger charge is -2.16. The monoisotopic (exact) mass is 281 g/mol. The van der Waals surface area contributed by atoms with Gasteiger partial charge in [-0.25, -0.2) is 0 Å². The molecule has 3 N–H and O–H groups in total. The molecule has 104 valence electrons. The zero-order chi connectivity index (χ0) is 13.8. The SMILES string of the molecule is CCC1CCN(CC(=O)Nc2cc(Cl)ccc2N)C1. The summed E-state index contributed by atoms with van der Waals surface area (Å²) in [7, 11) is 0. The molecule has 1 aromatic carbocycles. The van der Waals surface area contributed by atoms with E-state index >= 15 is 0 Å². The molecule has 0 saturated carbocycles. The average molecular weight is 282 g/mol. The molecule has 19 heavy (non-hydrogen) atoms. The van der Waals surface area contributed by atoms with Crippen molar-refractivity contribution in [2.75, 3.05) is 30.7 Å². The van der Waals surface area contributed by atoms with Gasteiger partial charge < -0.3 is 11.1 Å². The normalized spacial score (nSPS) is 19.6. The number of likely N-dealkylation sites (tertiary alicyclic amines) is 1. The highest BCUT2D eigenvalue weighted by Gasteiger charge is 2.22. The van der Waals surface area contributed by atoms with Gasteiger partial charge in [-0.15, -0.1) is 0 Å². The number of nitrogens with one attached hydrogen (secondary N) is 1. The molecule has 2 rings (SSSR count). The van der Waals surface area contributed by atoms with Gasteiger partial charge in [0.1, 0.15) is 0 Å².